The first kappa shape index (κ1) is 22.9. The summed E-state index contributed by atoms with van der Waals surface area (Å²) in [5.41, 5.74) is 2.21. The number of rotatable bonds is 7. The molecule has 0 spiro atoms. The third-order valence-electron chi connectivity index (χ3n) is 6.48. The number of hydrogen-bond donors (Lipinski definition) is 1. The molecule has 1 heterocycles. The van der Waals surface area contributed by atoms with Gasteiger partial charge in [-0.25, -0.2) is 0 Å². The number of amides is 1. The standard InChI is InChI=1S/C27H31NO5/c1-4-15-33-20-12-10-18(11-13-20)24-23(25(29)21-16-17(2)9-14-22(21)32-3)26(30)27(31)28(24)19-7-5-6-8-19/h9-14,16,19,24,29H,4-8,15H2,1-3H3/b25-23+. The predicted molar refractivity (Wildman–Crippen MR) is 126 cm³/mol. The Balaban J connectivity index is 1.85. The van der Waals surface area contributed by atoms with Crippen molar-refractivity contribution in [3.05, 3.63) is 64.7 Å². The first-order valence-corrected chi connectivity index (χ1v) is 11.6. The molecular weight excluding hydrogens is 418 g/mol. The molecule has 2 fully saturated rings. The van der Waals surface area contributed by atoms with Crippen LogP contribution in [-0.4, -0.2) is 41.5 Å². The Morgan fingerprint density at radius 3 is 2.42 bits per heavy atom. The lowest BCUT2D eigenvalue weighted by Gasteiger charge is -2.31. The zero-order chi connectivity index (χ0) is 23.5. The number of carbonyl (C=O) groups is 2. The van der Waals surface area contributed by atoms with Gasteiger partial charge in [0.1, 0.15) is 17.3 Å². The van der Waals surface area contributed by atoms with Gasteiger partial charge < -0.3 is 19.5 Å². The van der Waals surface area contributed by atoms with Crippen molar-refractivity contribution in [3.63, 3.8) is 0 Å². The summed E-state index contributed by atoms with van der Waals surface area (Å²) in [7, 11) is 1.52. The van der Waals surface area contributed by atoms with Gasteiger partial charge in [-0.3, -0.25) is 9.59 Å². The highest BCUT2D eigenvalue weighted by atomic mass is 16.5. The van der Waals surface area contributed by atoms with Gasteiger partial charge in [0, 0.05) is 6.04 Å². The zero-order valence-electron chi connectivity index (χ0n) is 19.5. The lowest BCUT2D eigenvalue weighted by molar-refractivity contribution is -0.141. The molecule has 0 radical (unpaired) electrons. The maximum absolute atomic E-state index is 13.3. The van der Waals surface area contributed by atoms with Crippen LogP contribution in [0.1, 0.15) is 61.8 Å². The Labute approximate surface area is 194 Å². The van der Waals surface area contributed by atoms with E-state index in [1.807, 2.05) is 44.2 Å². The monoisotopic (exact) mass is 449 g/mol. The smallest absolute Gasteiger partial charge is 0.295 e. The van der Waals surface area contributed by atoms with Crippen molar-refractivity contribution in [1.29, 1.82) is 0 Å². The average molecular weight is 450 g/mol. The number of hydrogen-bond acceptors (Lipinski definition) is 5. The largest absolute Gasteiger partial charge is 0.507 e. The molecule has 33 heavy (non-hydrogen) atoms. The molecule has 1 amide bonds. The predicted octanol–water partition coefficient (Wildman–Crippen LogP) is 5.16. The lowest BCUT2D eigenvalue weighted by atomic mass is 9.94. The van der Waals surface area contributed by atoms with E-state index < -0.39 is 17.7 Å². The fourth-order valence-corrected chi connectivity index (χ4v) is 4.85. The Kier molecular flexibility index (Phi) is 6.72. The highest BCUT2D eigenvalue weighted by molar-refractivity contribution is 6.46. The van der Waals surface area contributed by atoms with Crippen LogP contribution in [0.5, 0.6) is 11.5 Å². The number of likely N-dealkylation sites (tertiary alicyclic amines) is 1. The van der Waals surface area contributed by atoms with Crippen LogP contribution in [0, 0.1) is 6.92 Å². The second-order valence-corrected chi connectivity index (χ2v) is 8.77. The quantitative estimate of drug-likeness (QED) is 0.359. The molecule has 2 aromatic rings. The highest BCUT2D eigenvalue weighted by Gasteiger charge is 2.49. The summed E-state index contributed by atoms with van der Waals surface area (Å²) in [4.78, 5) is 28.2. The van der Waals surface area contributed by atoms with E-state index in [0.717, 1.165) is 49.0 Å². The topological polar surface area (TPSA) is 76.1 Å². The summed E-state index contributed by atoms with van der Waals surface area (Å²) in [5.74, 6) is -0.220. The molecule has 1 saturated heterocycles. The van der Waals surface area contributed by atoms with Crippen LogP contribution in [0.15, 0.2) is 48.0 Å². The van der Waals surface area contributed by atoms with Crippen molar-refractivity contribution < 1.29 is 24.2 Å². The Bertz CT molecular complexity index is 1070. The van der Waals surface area contributed by atoms with E-state index in [-0.39, 0.29) is 17.4 Å². The second-order valence-electron chi connectivity index (χ2n) is 8.77. The van der Waals surface area contributed by atoms with E-state index in [4.69, 9.17) is 9.47 Å². The number of ketones is 1. The van der Waals surface area contributed by atoms with Gasteiger partial charge in [0.2, 0.25) is 0 Å². The maximum Gasteiger partial charge on any atom is 0.295 e. The van der Waals surface area contributed by atoms with Crippen molar-refractivity contribution in [1.82, 2.24) is 4.90 Å². The Hall–Kier alpha value is -3.28. The molecule has 0 bridgehead atoms. The highest BCUT2D eigenvalue weighted by Crippen LogP contribution is 2.44. The van der Waals surface area contributed by atoms with Crippen molar-refractivity contribution in [2.45, 2.75) is 58.0 Å². The summed E-state index contributed by atoms with van der Waals surface area (Å²) in [5, 5.41) is 11.4. The molecule has 2 aromatic carbocycles. The Morgan fingerprint density at radius 2 is 1.79 bits per heavy atom. The SMILES string of the molecule is CCCOc1ccc(C2/C(=C(\O)c3cc(C)ccc3OC)C(=O)C(=O)N2C2CCCC2)cc1. The minimum absolute atomic E-state index is 0.0211. The molecule has 4 rings (SSSR count). The number of methoxy groups -OCH3 is 1. The van der Waals surface area contributed by atoms with Crippen LogP contribution in [-0.2, 0) is 9.59 Å². The lowest BCUT2D eigenvalue weighted by Crippen LogP contribution is -2.37. The van der Waals surface area contributed by atoms with Gasteiger partial charge >= 0.3 is 0 Å². The number of carbonyl (C=O) groups excluding carboxylic acids is 2. The van der Waals surface area contributed by atoms with Crippen LogP contribution in [0.3, 0.4) is 0 Å². The number of aliphatic hydroxyl groups is 1. The number of nitrogens with zero attached hydrogens (tertiary/aromatic N) is 1. The van der Waals surface area contributed by atoms with Crippen LogP contribution in [0.4, 0.5) is 0 Å². The molecule has 6 heteroatoms. The second kappa shape index (κ2) is 9.69. The molecule has 1 atom stereocenters. The molecule has 2 aliphatic rings. The average Bonchev–Trinajstić information content (AvgIpc) is 3.44. The summed E-state index contributed by atoms with van der Waals surface area (Å²) in [6.07, 6.45) is 4.66. The number of aryl methyl sites for hydroxylation is 1. The minimum Gasteiger partial charge on any atom is -0.507 e. The number of aliphatic hydroxyl groups excluding tert-OH is 1. The van der Waals surface area contributed by atoms with Crippen LogP contribution in [0.25, 0.3) is 5.76 Å². The van der Waals surface area contributed by atoms with Gasteiger partial charge in [0.05, 0.1) is 30.9 Å². The van der Waals surface area contributed by atoms with E-state index in [1.54, 1.807) is 17.0 Å². The van der Waals surface area contributed by atoms with Gasteiger partial charge in [0.25, 0.3) is 11.7 Å². The van der Waals surface area contributed by atoms with Crippen molar-refractivity contribution in [2.24, 2.45) is 0 Å². The van der Waals surface area contributed by atoms with Crippen LogP contribution >= 0.6 is 0 Å². The van der Waals surface area contributed by atoms with Gasteiger partial charge in [-0.2, -0.15) is 0 Å². The molecule has 1 aliphatic heterocycles. The van der Waals surface area contributed by atoms with Crippen LogP contribution in [0.2, 0.25) is 0 Å². The molecule has 1 unspecified atom stereocenters. The summed E-state index contributed by atoms with van der Waals surface area (Å²) in [6, 6.07) is 12.2. The van der Waals surface area contributed by atoms with Gasteiger partial charge in [-0.1, -0.05) is 43.5 Å². The van der Waals surface area contributed by atoms with E-state index in [1.165, 1.54) is 7.11 Å². The van der Waals surface area contributed by atoms with E-state index in [9.17, 15) is 14.7 Å². The Morgan fingerprint density at radius 1 is 1.09 bits per heavy atom. The molecule has 1 saturated carbocycles. The first-order chi connectivity index (χ1) is 16.0. The van der Waals surface area contributed by atoms with Gasteiger partial charge in [-0.05, 0) is 56.0 Å². The molecular formula is C27H31NO5. The fraction of sp³-hybridized carbons (Fsp3) is 0.407. The summed E-state index contributed by atoms with van der Waals surface area (Å²) in [6.45, 7) is 4.57. The van der Waals surface area contributed by atoms with Crippen molar-refractivity contribution in [2.75, 3.05) is 13.7 Å². The number of ether oxygens (including phenoxy) is 2. The molecule has 6 nitrogen and oxygen atoms in total. The maximum atomic E-state index is 13.3. The molecule has 0 aromatic heterocycles. The third-order valence-corrected chi connectivity index (χ3v) is 6.48. The first-order valence-electron chi connectivity index (χ1n) is 11.6. The fourth-order valence-electron chi connectivity index (χ4n) is 4.85. The minimum atomic E-state index is -0.654. The van der Waals surface area contributed by atoms with E-state index in [0.29, 0.717) is 17.9 Å². The molecule has 174 valence electrons. The van der Waals surface area contributed by atoms with E-state index >= 15 is 0 Å². The number of Topliss-reactive ketones (excluding diaryl/α,β-unsaturated/α-hetero) is 1. The molecule has 1 aliphatic carbocycles. The normalized spacial score (nSPS) is 20.5. The van der Waals surface area contributed by atoms with Crippen molar-refractivity contribution in [3.8, 4) is 11.5 Å². The zero-order valence-corrected chi connectivity index (χ0v) is 19.5. The summed E-state index contributed by atoms with van der Waals surface area (Å²) < 4.78 is 11.1. The van der Waals surface area contributed by atoms with Crippen LogP contribution < -0.4 is 9.47 Å². The molecule has 1 N–H and O–H groups in total. The van der Waals surface area contributed by atoms with Gasteiger partial charge in [0.15, 0.2) is 0 Å². The van der Waals surface area contributed by atoms with Gasteiger partial charge in [-0.15, -0.1) is 0 Å². The summed E-state index contributed by atoms with van der Waals surface area (Å²) >= 11 is 0. The van der Waals surface area contributed by atoms with Crippen molar-refractivity contribution >= 4 is 17.4 Å². The number of benzene rings is 2. The third kappa shape index (κ3) is 4.34. The van der Waals surface area contributed by atoms with E-state index in [2.05, 4.69) is 0 Å².